The van der Waals surface area contributed by atoms with Crippen LogP contribution in [0.4, 0.5) is 4.79 Å². The van der Waals surface area contributed by atoms with E-state index < -0.39 is 23.0 Å². The van der Waals surface area contributed by atoms with Crippen LogP contribution in [0.25, 0.3) is 0 Å². The summed E-state index contributed by atoms with van der Waals surface area (Å²) in [6, 6.07) is 12.4. The largest absolute Gasteiger partial charge is 0.493 e. The number of ether oxygens (including phenoxy) is 6. The zero-order valence-corrected chi connectivity index (χ0v) is 36.9. The molecule has 6 fully saturated rings. The molecule has 8 rings (SSSR count). The summed E-state index contributed by atoms with van der Waals surface area (Å²) >= 11 is 0. The molecule has 4 aliphatic heterocycles. The lowest BCUT2D eigenvalue weighted by atomic mass is 9.72. The minimum Gasteiger partial charge on any atom is -0.493 e. The number of hydrogen-bond donors (Lipinski definition) is 2. The molecule has 2 aromatic carbocycles. The molecule has 2 saturated carbocycles. The first-order chi connectivity index (χ1) is 28.9. The van der Waals surface area contributed by atoms with Gasteiger partial charge in [0.25, 0.3) is 0 Å². The van der Waals surface area contributed by atoms with E-state index in [4.69, 9.17) is 28.4 Å². The number of urea groups is 1. The number of amides is 2. The van der Waals surface area contributed by atoms with Gasteiger partial charge in [-0.2, -0.15) is 0 Å². The SMILES string of the molecule is COc1ccc([C@@H]2CN([C@@H]3COCCN3C(=O)N3CCOC[C@H]3N3C[C@@H](c4ccc(OC)c(OC5CCCC5)c4)C(C)([C@@H](C)O)C3)CC2(C)[C@@H](C)O)cc1OC1CCCC1. The number of likely N-dealkylation sites (tertiary alicyclic amines) is 2. The normalized spacial score (nSPS) is 32.1. The summed E-state index contributed by atoms with van der Waals surface area (Å²) in [6.07, 6.45) is 7.42. The number of carbonyl (C=O) groups is 1. The highest BCUT2D eigenvalue weighted by Gasteiger charge is 2.53. The van der Waals surface area contributed by atoms with Crippen LogP contribution in [0.3, 0.4) is 0 Å². The van der Waals surface area contributed by atoms with Gasteiger partial charge in [-0.15, -0.1) is 0 Å². The van der Waals surface area contributed by atoms with Crippen LogP contribution >= 0.6 is 0 Å². The van der Waals surface area contributed by atoms with Crippen molar-refractivity contribution in [3.05, 3.63) is 47.5 Å². The Hall–Kier alpha value is -3.33. The standard InChI is InChI=1S/C47H70N4O9/c1-31(52)46(3)29-48(25-37(46)33-15-17-39(55-5)41(23-33)59-35-11-7-8-12-35)43-27-57-21-19-50(43)45(54)51-20-22-58-28-44(51)49-26-38(47(4,30-49)32(2)53)34-16-18-40(56-6)42(24-34)60-36-13-9-10-14-36/h15-18,23-24,31-32,35-38,43-44,52-53H,7-14,19-22,25-30H2,1-6H3/t31-,32-,37+,38+,43+,44+,46?,47?/m1/s1. The second-order valence-corrected chi connectivity index (χ2v) is 19.0. The Kier molecular flexibility index (Phi) is 13.1. The van der Waals surface area contributed by atoms with Crippen LogP contribution in [0.1, 0.15) is 102 Å². The van der Waals surface area contributed by atoms with Crippen LogP contribution in [-0.2, 0) is 9.47 Å². The predicted octanol–water partition coefficient (Wildman–Crippen LogP) is 6.06. The number of morpholine rings is 2. The fourth-order valence-electron chi connectivity index (χ4n) is 11.2. The Morgan fingerprint density at radius 1 is 0.667 bits per heavy atom. The monoisotopic (exact) mass is 835 g/mol. The van der Waals surface area contributed by atoms with Gasteiger partial charge in [0.2, 0.25) is 0 Å². The van der Waals surface area contributed by atoms with Crippen LogP contribution in [-0.4, -0.2) is 153 Å². The van der Waals surface area contributed by atoms with Gasteiger partial charge in [0.15, 0.2) is 23.0 Å². The Labute approximate surface area is 357 Å². The summed E-state index contributed by atoms with van der Waals surface area (Å²) in [5, 5.41) is 22.9. The molecule has 13 heteroatoms. The highest BCUT2D eigenvalue weighted by molar-refractivity contribution is 5.75. The molecule has 0 radical (unpaired) electrons. The van der Waals surface area contributed by atoms with Gasteiger partial charge in [0.05, 0.1) is 65.1 Å². The predicted molar refractivity (Wildman–Crippen MR) is 228 cm³/mol. The molecule has 0 aromatic heterocycles. The van der Waals surface area contributed by atoms with Crippen LogP contribution in [0.2, 0.25) is 0 Å². The molecule has 2 aromatic rings. The molecule has 0 bridgehead atoms. The quantitative estimate of drug-likeness (QED) is 0.260. The number of aliphatic hydroxyl groups is 2. The van der Waals surface area contributed by atoms with E-state index in [0.717, 1.165) is 59.8 Å². The molecule has 8 atom stereocenters. The average molecular weight is 835 g/mol. The summed E-state index contributed by atoms with van der Waals surface area (Å²) in [5.41, 5.74) is 1.20. The van der Waals surface area contributed by atoms with Crippen LogP contribution < -0.4 is 18.9 Å². The maximum Gasteiger partial charge on any atom is 0.322 e. The second kappa shape index (κ2) is 18.2. The van der Waals surface area contributed by atoms with E-state index >= 15 is 4.79 Å². The van der Waals surface area contributed by atoms with Crippen molar-refractivity contribution >= 4 is 6.03 Å². The molecule has 60 heavy (non-hydrogen) atoms. The fourth-order valence-corrected chi connectivity index (χ4v) is 11.2. The third kappa shape index (κ3) is 8.43. The lowest BCUT2D eigenvalue weighted by Crippen LogP contribution is -2.65. The molecule has 13 nitrogen and oxygen atoms in total. The number of nitrogens with zero attached hydrogens (tertiary/aromatic N) is 4. The van der Waals surface area contributed by atoms with Crippen molar-refractivity contribution < 1.29 is 43.4 Å². The van der Waals surface area contributed by atoms with Crippen molar-refractivity contribution in [2.24, 2.45) is 10.8 Å². The van der Waals surface area contributed by atoms with Crippen molar-refractivity contribution in [1.82, 2.24) is 19.6 Å². The highest BCUT2D eigenvalue weighted by atomic mass is 16.5. The van der Waals surface area contributed by atoms with Crippen molar-refractivity contribution in [2.45, 2.75) is 128 Å². The van der Waals surface area contributed by atoms with Gasteiger partial charge in [0, 0.05) is 61.9 Å². The van der Waals surface area contributed by atoms with Gasteiger partial charge in [-0.1, -0.05) is 26.0 Å². The third-order valence-electron chi connectivity index (χ3n) is 15.3. The second-order valence-electron chi connectivity index (χ2n) is 19.0. The summed E-state index contributed by atoms with van der Waals surface area (Å²) in [4.78, 5) is 23.7. The number of carbonyl (C=O) groups excluding carboxylic acids is 1. The average Bonchev–Trinajstić information content (AvgIpc) is 4.09. The molecule has 4 saturated heterocycles. The molecular formula is C47H70N4O9. The van der Waals surface area contributed by atoms with Crippen molar-refractivity contribution in [3.63, 3.8) is 0 Å². The molecule has 2 unspecified atom stereocenters. The molecular weight excluding hydrogens is 765 g/mol. The molecule has 2 amide bonds. The van der Waals surface area contributed by atoms with Crippen molar-refractivity contribution in [3.8, 4) is 23.0 Å². The van der Waals surface area contributed by atoms with E-state index in [9.17, 15) is 10.2 Å². The summed E-state index contributed by atoms with van der Waals surface area (Å²) in [6.45, 7) is 13.2. The van der Waals surface area contributed by atoms with E-state index in [-0.39, 0.29) is 42.4 Å². The lowest BCUT2D eigenvalue weighted by Gasteiger charge is -2.47. The van der Waals surface area contributed by atoms with E-state index in [1.807, 2.05) is 35.8 Å². The maximum atomic E-state index is 15.1. The molecule has 2 N–H and O–H groups in total. The molecule has 0 spiro atoms. The first kappa shape index (κ1) is 43.3. The number of hydrogen-bond acceptors (Lipinski definition) is 11. The first-order valence-corrected chi connectivity index (χ1v) is 22.7. The van der Waals surface area contributed by atoms with Gasteiger partial charge in [-0.3, -0.25) is 9.80 Å². The van der Waals surface area contributed by atoms with E-state index in [2.05, 4.69) is 47.9 Å². The number of benzene rings is 2. The van der Waals surface area contributed by atoms with Crippen molar-refractivity contribution in [1.29, 1.82) is 0 Å². The van der Waals surface area contributed by atoms with Gasteiger partial charge in [0.1, 0.15) is 12.3 Å². The zero-order valence-electron chi connectivity index (χ0n) is 36.9. The summed E-state index contributed by atoms with van der Waals surface area (Å²) < 4.78 is 36.8. The maximum absolute atomic E-state index is 15.1. The minimum atomic E-state index is -0.603. The van der Waals surface area contributed by atoms with E-state index in [0.29, 0.717) is 65.7 Å². The van der Waals surface area contributed by atoms with Gasteiger partial charge in [-0.25, -0.2) is 4.79 Å². The first-order valence-electron chi connectivity index (χ1n) is 22.7. The van der Waals surface area contributed by atoms with Gasteiger partial charge >= 0.3 is 6.03 Å². The Balaban J connectivity index is 1.03. The van der Waals surface area contributed by atoms with Crippen LogP contribution in [0, 0.1) is 10.8 Å². The molecule has 6 aliphatic rings. The molecule has 4 heterocycles. The van der Waals surface area contributed by atoms with Crippen LogP contribution in [0.15, 0.2) is 36.4 Å². The Morgan fingerprint density at radius 3 is 1.43 bits per heavy atom. The van der Waals surface area contributed by atoms with Crippen molar-refractivity contribution in [2.75, 3.05) is 79.9 Å². The van der Waals surface area contributed by atoms with E-state index in [1.165, 1.54) is 25.7 Å². The van der Waals surface area contributed by atoms with E-state index in [1.54, 1.807) is 14.2 Å². The molecule has 332 valence electrons. The third-order valence-corrected chi connectivity index (χ3v) is 15.3. The Bertz CT molecular complexity index is 1660. The summed E-state index contributed by atoms with van der Waals surface area (Å²) in [7, 11) is 3.36. The smallest absolute Gasteiger partial charge is 0.322 e. The highest BCUT2D eigenvalue weighted by Crippen LogP contribution is 2.50. The number of aliphatic hydroxyl groups excluding tert-OH is 2. The lowest BCUT2D eigenvalue weighted by molar-refractivity contribution is -0.0879. The topological polar surface area (TPSA) is 126 Å². The number of rotatable bonds is 12. The zero-order chi connectivity index (χ0) is 42.2. The Morgan fingerprint density at radius 2 is 1.07 bits per heavy atom. The molecule has 2 aliphatic carbocycles. The minimum absolute atomic E-state index is 0.0222. The fraction of sp³-hybridized carbons (Fsp3) is 0.723. The van der Waals surface area contributed by atoms with Gasteiger partial charge < -0.3 is 48.4 Å². The summed E-state index contributed by atoms with van der Waals surface area (Å²) in [5.74, 6) is 2.90. The number of methoxy groups -OCH3 is 2. The van der Waals surface area contributed by atoms with Gasteiger partial charge in [-0.05, 0) is 101 Å². The van der Waals surface area contributed by atoms with Crippen LogP contribution in [0.5, 0.6) is 23.0 Å².